The van der Waals surface area contributed by atoms with Gasteiger partial charge in [0.1, 0.15) is 0 Å². The number of pyridine rings is 1. The Labute approximate surface area is 130 Å². The zero-order chi connectivity index (χ0) is 15.5. The van der Waals surface area contributed by atoms with Gasteiger partial charge in [0.15, 0.2) is 0 Å². The van der Waals surface area contributed by atoms with Crippen molar-refractivity contribution in [3.63, 3.8) is 0 Å². The third-order valence-electron chi connectivity index (χ3n) is 2.56. The summed E-state index contributed by atoms with van der Waals surface area (Å²) < 4.78 is 37.6. The number of alkyl halides is 3. The van der Waals surface area contributed by atoms with Gasteiger partial charge in [-0.15, -0.1) is 0 Å². The maximum atomic E-state index is 12.5. The molecule has 0 N–H and O–H groups in total. The highest BCUT2D eigenvalue weighted by Gasteiger charge is 2.30. The molecule has 0 unspecified atom stereocenters. The van der Waals surface area contributed by atoms with Gasteiger partial charge in [-0.2, -0.15) is 13.2 Å². The second kappa shape index (κ2) is 6.50. The molecule has 0 aliphatic carbocycles. The van der Waals surface area contributed by atoms with Crippen LogP contribution in [0.3, 0.4) is 0 Å². The minimum atomic E-state index is -4.41. The van der Waals surface area contributed by atoms with Crippen molar-refractivity contribution < 1.29 is 13.2 Å². The molecular formula is C15H9Cl2F3N. The molecule has 1 heterocycles. The summed E-state index contributed by atoms with van der Waals surface area (Å²) in [6.45, 7) is 0. The molecule has 0 amide bonds. The van der Waals surface area contributed by atoms with Crippen molar-refractivity contribution in [1.29, 1.82) is 0 Å². The first kappa shape index (κ1) is 15.9. The Hall–Kier alpha value is -1.52. The molecule has 0 atom stereocenters. The van der Waals surface area contributed by atoms with E-state index in [4.69, 9.17) is 23.2 Å². The number of hydrogen-bond donors (Lipinski definition) is 0. The predicted molar refractivity (Wildman–Crippen MR) is 77.3 cm³/mol. The van der Waals surface area contributed by atoms with Crippen LogP contribution in [0.5, 0.6) is 0 Å². The van der Waals surface area contributed by atoms with Crippen molar-refractivity contribution >= 4 is 29.3 Å². The van der Waals surface area contributed by atoms with Gasteiger partial charge in [-0.25, -0.2) is 0 Å². The summed E-state index contributed by atoms with van der Waals surface area (Å²) in [5.41, 5.74) is 0.153. The molecule has 0 saturated heterocycles. The Morgan fingerprint density at radius 1 is 1.14 bits per heavy atom. The van der Waals surface area contributed by atoms with Gasteiger partial charge in [0, 0.05) is 28.7 Å². The molecule has 1 aromatic heterocycles. The number of benzene rings is 1. The normalized spacial score (nSPS) is 12.0. The van der Waals surface area contributed by atoms with Crippen LogP contribution in [0.2, 0.25) is 10.0 Å². The average Bonchev–Trinajstić information content (AvgIpc) is 2.37. The van der Waals surface area contributed by atoms with Crippen molar-refractivity contribution in [3.05, 3.63) is 69.5 Å². The lowest BCUT2D eigenvalue weighted by Gasteiger charge is -2.06. The number of rotatable bonds is 3. The molecule has 1 radical (unpaired) electrons. The molecule has 21 heavy (non-hydrogen) atoms. The van der Waals surface area contributed by atoms with Crippen LogP contribution in [0.15, 0.2) is 36.5 Å². The number of nitrogens with zero attached hydrogens (tertiary/aromatic N) is 1. The van der Waals surface area contributed by atoms with E-state index in [-0.39, 0.29) is 12.1 Å². The van der Waals surface area contributed by atoms with E-state index >= 15 is 0 Å². The van der Waals surface area contributed by atoms with Gasteiger partial charge in [-0.3, -0.25) is 4.98 Å². The number of halogens is 5. The SMILES string of the molecule is FC(F)(F)c1[c]c(CC=Cc2cc(Cl)cc(Cl)c2)ncc1. The van der Waals surface area contributed by atoms with Crippen LogP contribution in [0, 0.1) is 6.07 Å². The van der Waals surface area contributed by atoms with E-state index in [0.717, 1.165) is 17.8 Å². The fourth-order valence-electron chi connectivity index (χ4n) is 1.68. The molecule has 1 nitrogen and oxygen atoms in total. The minimum Gasteiger partial charge on any atom is -0.260 e. The largest absolute Gasteiger partial charge is 0.417 e. The minimum absolute atomic E-state index is 0.217. The van der Waals surface area contributed by atoms with Crippen LogP contribution in [0.1, 0.15) is 16.8 Å². The predicted octanol–water partition coefficient (Wildman–Crippen LogP) is 5.46. The molecule has 0 saturated carbocycles. The Morgan fingerprint density at radius 2 is 1.81 bits per heavy atom. The first-order valence-electron chi connectivity index (χ1n) is 5.91. The molecule has 0 bridgehead atoms. The van der Waals surface area contributed by atoms with E-state index in [1.54, 1.807) is 30.4 Å². The maximum absolute atomic E-state index is 12.5. The summed E-state index contributed by atoms with van der Waals surface area (Å²) in [6, 6.07) is 8.15. The summed E-state index contributed by atoms with van der Waals surface area (Å²) in [6.07, 6.45) is 0.337. The first-order chi connectivity index (χ1) is 9.84. The van der Waals surface area contributed by atoms with Crippen molar-refractivity contribution in [2.24, 2.45) is 0 Å². The molecule has 0 aliphatic rings. The maximum Gasteiger partial charge on any atom is 0.417 e. The number of allylic oxidation sites excluding steroid dienone is 1. The molecule has 2 rings (SSSR count). The van der Waals surface area contributed by atoms with Gasteiger partial charge < -0.3 is 0 Å². The third kappa shape index (κ3) is 4.76. The van der Waals surface area contributed by atoms with E-state index in [1.807, 2.05) is 0 Å². The molecule has 2 aromatic rings. The van der Waals surface area contributed by atoms with E-state index < -0.39 is 11.7 Å². The van der Waals surface area contributed by atoms with Gasteiger partial charge >= 0.3 is 6.18 Å². The third-order valence-corrected chi connectivity index (χ3v) is 3.00. The Kier molecular flexibility index (Phi) is 4.91. The van der Waals surface area contributed by atoms with Crippen LogP contribution in [-0.2, 0) is 12.6 Å². The Bertz CT molecular complexity index is 646. The topological polar surface area (TPSA) is 12.9 Å². The Morgan fingerprint density at radius 3 is 2.43 bits per heavy atom. The molecule has 6 heteroatoms. The van der Waals surface area contributed by atoms with E-state index in [2.05, 4.69) is 11.1 Å². The van der Waals surface area contributed by atoms with E-state index in [1.165, 1.54) is 0 Å². The standard InChI is InChI=1S/C15H9Cl2F3N/c16-12-6-10(7-13(17)9-12)2-1-3-14-8-11(4-5-21-14)15(18,19)20/h1-2,4-7,9H,3H2. The molecule has 0 fully saturated rings. The molecule has 0 spiro atoms. The summed E-state index contributed by atoms with van der Waals surface area (Å²) in [5.74, 6) is 0. The van der Waals surface area contributed by atoms with Crippen molar-refractivity contribution in [2.75, 3.05) is 0 Å². The fourth-order valence-corrected chi connectivity index (χ4v) is 2.22. The lowest BCUT2D eigenvalue weighted by Crippen LogP contribution is -2.06. The summed E-state index contributed by atoms with van der Waals surface area (Å²) in [5, 5.41) is 0.983. The summed E-state index contributed by atoms with van der Waals surface area (Å²) in [7, 11) is 0. The smallest absolute Gasteiger partial charge is 0.260 e. The monoisotopic (exact) mass is 330 g/mol. The van der Waals surface area contributed by atoms with Crippen LogP contribution in [-0.4, -0.2) is 4.98 Å². The van der Waals surface area contributed by atoms with E-state index in [0.29, 0.717) is 10.0 Å². The van der Waals surface area contributed by atoms with Crippen LogP contribution < -0.4 is 0 Å². The highest BCUT2D eigenvalue weighted by atomic mass is 35.5. The highest BCUT2D eigenvalue weighted by Crippen LogP contribution is 2.28. The zero-order valence-electron chi connectivity index (χ0n) is 10.6. The van der Waals surface area contributed by atoms with Gasteiger partial charge in [0.2, 0.25) is 0 Å². The second-order valence-corrected chi connectivity index (χ2v) is 5.11. The van der Waals surface area contributed by atoms with Crippen molar-refractivity contribution in [1.82, 2.24) is 4.98 Å². The van der Waals surface area contributed by atoms with E-state index in [9.17, 15) is 13.2 Å². The number of hydrogen-bond acceptors (Lipinski definition) is 1. The first-order valence-corrected chi connectivity index (χ1v) is 6.67. The molecule has 1 aromatic carbocycles. The van der Waals surface area contributed by atoms with Crippen LogP contribution in [0.25, 0.3) is 6.08 Å². The van der Waals surface area contributed by atoms with Gasteiger partial charge in [-0.05, 0) is 29.8 Å². The van der Waals surface area contributed by atoms with Crippen LogP contribution in [0.4, 0.5) is 13.2 Å². The fraction of sp³-hybridized carbons (Fsp3) is 0.133. The quantitative estimate of drug-likeness (QED) is 0.727. The molecule has 109 valence electrons. The van der Waals surface area contributed by atoms with Gasteiger partial charge in [0.25, 0.3) is 0 Å². The van der Waals surface area contributed by atoms with Crippen molar-refractivity contribution in [2.45, 2.75) is 12.6 Å². The molecular weight excluding hydrogens is 322 g/mol. The van der Waals surface area contributed by atoms with Gasteiger partial charge in [-0.1, -0.05) is 35.4 Å². The summed E-state index contributed by atoms with van der Waals surface area (Å²) >= 11 is 11.7. The van der Waals surface area contributed by atoms with Crippen molar-refractivity contribution in [3.8, 4) is 0 Å². The summed E-state index contributed by atoms with van der Waals surface area (Å²) in [4.78, 5) is 3.86. The Balaban J connectivity index is 2.11. The number of aromatic nitrogens is 1. The average molecular weight is 331 g/mol. The highest BCUT2D eigenvalue weighted by molar-refractivity contribution is 6.34. The second-order valence-electron chi connectivity index (χ2n) is 4.24. The van der Waals surface area contributed by atoms with Crippen LogP contribution >= 0.6 is 23.2 Å². The lowest BCUT2D eigenvalue weighted by atomic mass is 10.1. The lowest BCUT2D eigenvalue weighted by molar-refractivity contribution is -0.137. The van der Waals surface area contributed by atoms with Gasteiger partial charge in [0.05, 0.1) is 11.3 Å². The zero-order valence-corrected chi connectivity index (χ0v) is 12.1. The molecule has 0 aliphatic heterocycles.